The first-order chi connectivity index (χ1) is 14.3. The van der Waals surface area contributed by atoms with Crippen LogP contribution in [0.3, 0.4) is 0 Å². The zero-order valence-electron chi connectivity index (χ0n) is 16.9. The van der Waals surface area contributed by atoms with Crippen LogP contribution in [0.4, 0.5) is 5.82 Å². The fourth-order valence-corrected chi connectivity index (χ4v) is 3.40. The number of pyridine rings is 1. The van der Waals surface area contributed by atoms with Gasteiger partial charge >= 0.3 is 0 Å². The largest absolute Gasteiger partial charge is 0.394 e. The molecule has 0 spiro atoms. The lowest BCUT2D eigenvalue weighted by Gasteiger charge is -2.16. The molecule has 0 saturated carbocycles. The number of aliphatic hydroxyl groups excluding tert-OH is 1. The van der Waals surface area contributed by atoms with Crippen molar-refractivity contribution in [2.24, 2.45) is 7.05 Å². The molecule has 3 rings (SSSR count). The summed E-state index contributed by atoms with van der Waals surface area (Å²) in [6.45, 7) is 3.75. The summed E-state index contributed by atoms with van der Waals surface area (Å²) in [7, 11) is 1.72. The van der Waals surface area contributed by atoms with Crippen LogP contribution in [0.1, 0.15) is 36.1 Å². The molecule has 0 aliphatic carbocycles. The number of imidazole rings is 1. The van der Waals surface area contributed by atoms with E-state index in [0.29, 0.717) is 32.7 Å². The van der Waals surface area contributed by atoms with E-state index in [2.05, 4.69) is 20.6 Å². The standard InChI is InChI=1S/C21H23Cl2N5O2/c1-12(2)25-19-8-15(16(23)9-24-19)17-10-28(3)20(26-17)21(30)27-18(11-29)13-5-4-6-14(22)7-13/h4-10,12,18,29H,11H2,1-3H3,(H,24,25)(H,27,30). The molecule has 3 N–H and O–H groups in total. The Morgan fingerprint density at radius 1 is 1.27 bits per heavy atom. The van der Waals surface area contributed by atoms with Crippen LogP contribution in [0, 0.1) is 0 Å². The fourth-order valence-electron chi connectivity index (χ4n) is 3.00. The van der Waals surface area contributed by atoms with Crippen molar-refractivity contribution in [2.45, 2.75) is 25.9 Å². The Balaban J connectivity index is 1.86. The molecule has 30 heavy (non-hydrogen) atoms. The van der Waals surface area contributed by atoms with Gasteiger partial charge in [-0.15, -0.1) is 0 Å². The third kappa shape index (κ3) is 5.11. The first-order valence-electron chi connectivity index (χ1n) is 9.41. The zero-order chi connectivity index (χ0) is 21.8. The fraction of sp³-hybridized carbons (Fsp3) is 0.286. The van der Waals surface area contributed by atoms with Crippen molar-refractivity contribution < 1.29 is 9.90 Å². The molecule has 0 aliphatic rings. The normalized spacial score (nSPS) is 12.1. The molecule has 1 amide bonds. The van der Waals surface area contributed by atoms with E-state index in [1.54, 1.807) is 54.3 Å². The number of amides is 1. The molecule has 2 heterocycles. The van der Waals surface area contributed by atoms with E-state index in [4.69, 9.17) is 23.2 Å². The number of rotatable bonds is 7. The van der Waals surface area contributed by atoms with Crippen LogP contribution >= 0.6 is 23.2 Å². The topological polar surface area (TPSA) is 92.1 Å². The van der Waals surface area contributed by atoms with Crippen molar-refractivity contribution in [1.29, 1.82) is 0 Å². The summed E-state index contributed by atoms with van der Waals surface area (Å²) in [6, 6.07) is 8.38. The van der Waals surface area contributed by atoms with Gasteiger partial charge in [0.1, 0.15) is 5.82 Å². The highest BCUT2D eigenvalue weighted by Gasteiger charge is 2.21. The van der Waals surface area contributed by atoms with Gasteiger partial charge < -0.3 is 20.3 Å². The Labute approximate surface area is 185 Å². The van der Waals surface area contributed by atoms with Crippen molar-refractivity contribution in [3.63, 3.8) is 0 Å². The summed E-state index contributed by atoms with van der Waals surface area (Å²) in [5.41, 5.74) is 1.91. The quantitative estimate of drug-likeness (QED) is 0.507. The van der Waals surface area contributed by atoms with Crippen LogP contribution < -0.4 is 10.6 Å². The van der Waals surface area contributed by atoms with Crippen molar-refractivity contribution in [1.82, 2.24) is 19.9 Å². The van der Waals surface area contributed by atoms with E-state index < -0.39 is 11.9 Å². The summed E-state index contributed by atoms with van der Waals surface area (Å²) < 4.78 is 1.61. The van der Waals surface area contributed by atoms with Gasteiger partial charge in [-0.3, -0.25) is 4.79 Å². The molecule has 9 heteroatoms. The number of benzene rings is 1. The van der Waals surface area contributed by atoms with Gasteiger partial charge in [-0.25, -0.2) is 9.97 Å². The highest BCUT2D eigenvalue weighted by Crippen LogP contribution is 2.29. The minimum atomic E-state index is -0.609. The summed E-state index contributed by atoms with van der Waals surface area (Å²) in [4.78, 5) is 21.6. The number of anilines is 1. The molecule has 0 bridgehead atoms. The minimum Gasteiger partial charge on any atom is -0.394 e. The molecule has 7 nitrogen and oxygen atoms in total. The molecule has 0 radical (unpaired) electrons. The SMILES string of the molecule is CC(C)Nc1cc(-c2cn(C)c(C(=O)NC(CO)c3cccc(Cl)c3)n2)c(Cl)cn1. The number of hydrogen-bond acceptors (Lipinski definition) is 5. The average molecular weight is 448 g/mol. The number of aryl methyl sites for hydroxylation is 1. The van der Waals surface area contributed by atoms with Crippen LogP contribution in [-0.4, -0.2) is 38.2 Å². The molecular weight excluding hydrogens is 425 g/mol. The van der Waals surface area contributed by atoms with Crippen molar-refractivity contribution in [3.05, 3.63) is 64.2 Å². The van der Waals surface area contributed by atoms with E-state index in [-0.39, 0.29) is 18.5 Å². The van der Waals surface area contributed by atoms with Gasteiger partial charge in [0, 0.05) is 36.1 Å². The number of nitrogens with one attached hydrogen (secondary N) is 2. The van der Waals surface area contributed by atoms with Crippen molar-refractivity contribution in [2.75, 3.05) is 11.9 Å². The number of aliphatic hydroxyl groups is 1. The minimum absolute atomic E-state index is 0.191. The van der Waals surface area contributed by atoms with E-state index >= 15 is 0 Å². The Morgan fingerprint density at radius 2 is 2.03 bits per heavy atom. The second-order valence-electron chi connectivity index (χ2n) is 7.17. The van der Waals surface area contributed by atoms with Gasteiger partial charge in [0.05, 0.1) is 23.4 Å². The molecule has 0 fully saturated rings. The Bertz CT molecular complexity index is 1050. The Morgan fingerprint density at radius 3 is 2.70 bits per heavy atom. The number of aromatic nitrogens is 3. The van der Waals surface area contributed by atoms with E-state index in [9.17, 15) is 9.90 Å². The van der Waals surface area contributed by atoms with Gasteiger partial charge in [-0.2, -0.15) is 0 Å². The molecule has 1 aromatic carbocycles. The maximum atomic E-state index is 12.8. The van der Waals surface area contributed by atoms with Crippen LogP contribution in [0.5, 0.6) is 0 Å². The lowest BCUT2D eigenvalue weighted by atomic mass is 10.1. The van der Waals surface area contributed by atoms with Crippen molar-refractivity contribution in [3.8, 4) is 11.3 Å². The molecule has 2 aromatic heterocycles. The Hall–Kier alpha value is -2.61. The van der Waals surface area contributed by atoms with E-state index in [1.807, 2.05) is 13.8 Å². The second-order valence-corrected chi connectivity index (χ2v) is 8.02. The van der Waals surface area contributed by atoms with Gasteiger partial charge in [-0.05, 0) is 37.6 Å². The van der Waals surface area contributed by atoms with Crippen LogP contribution in [0.2, 0.25) is 10.0 Å². The van der Waals surface area contributed by atoms with Crippen LogP contribution in [0.15, 0.2) is 42.7 Å². The third-order valence-corrected chi connectivity index (χ3v) is 4.92. The highest BCUT2D eigenvalue weighted by atomic mass is 35.5. The summed E-state index contributed by atoms with van der Waals surface area (Å²) in [5.74, 6) is 0.438. The third-order valence-electron chi connectivity index (χ3n) is 4.39. The lowest BCUT2D eigenvalue weighted by Crippen LogP contribution is -2.32. The summed E-state index contributed by atoms with van der Waals surface area (Å²) in [5, 5.41) is 16.7. The molecule has 0 aliphatic heterocycles. The maximum Gasteiger partial charge on any atom is 0.287 e. The van der Waals surface area contributed by atoms with Gasteiger partial charge in [-0.1, -0.05) is 35.3 Å². The summed E-state index contributed by atoms with van der Waals surface area (Å²) in [6.07, 6.45) is 3.28. The smallest absolute Gasteiger partial charge is 0.287 e. The highest BCUT2D eigenvalue weighted by molar-refractivity contribution is 6.33. The van der Waals surface area contributed by atoms with E-state index in [1.165, 1.54) is 0 Å². The molecular formula is C21H23Cl2N5O2. The predicted molar refractivity (Wildman–Crippen MR) is 119 cm³/mol. The van der Waals surface area contributed by atoms with Crippen LogP contribution in [-0.2, 0) is 7.05 Å². The lowest BCUT2D eigenvalue weighted by molar-refractivity contribution is 0.0902. The predicted octanol–water partition coefficient (Wildman–Crippen LogP) is 4.07. The molecule has 0 saturated heterocycles. The van der Waals surface area contributed by atoms with Gasteiger partial charge in [0.2, 0.25) is 0 Å². The number of nitrogens with zero attached hydrogens (tertiary/aromatic N) is 3. The monoisotopic (exact) mass is 447 g/mol. The number of halogens is 2. The summed E-state index contributed by atoms with van der Waals surface area (Å²) >= 11 is 12.3. The molecule has 1 unspecified atom stereocenters. The average Bonchev–Trinajstić information content (AvgIpc) is 3.08. The first-order valence-corrected chi connectivity index (χ1v) is 10.2. The zero-order valence-corrected chi connectivity index (χ0v) is 18.4. The van der Waals surface area contributed by atoms with Gasteiger partial charge in [0.15, 0.2) is 5.82 Å². The van der Waals surface area contributed by atoms with E-state index in [0.717, 1.165) is 0 Å². The van der Waals surface area contributed by atoms with Crippen molar-refractivity contribution >= 4 is 34.9 Å². The second kappa shape index (κ2) is 9.47. The Kier molecular flexibility index (Phi) is 6.97. The molecule has 1 atom stereocenters. The first kappa shape index (κ1) is 22.1. The molecule has 158 valence electrons. The number of carbonyl (C=O) groups excluding carboxylic acids is 1. The van der Waals surface area contributed by atoms with Gasteiger partial charge in [0.25, 0.3) is 5.91 Å². The maximum absolute atomic E-state index is 12.8. The number of hydrogen-bond donors (Lipinski definition) is 3. The molecule has 3 aromatic rings. The van der Waals surface area contributed by atoms with Crippen LogP contribution in [0.25, 0.3) is 11.3 Å². The number of carbonyl (C=O) groups is 1.